The minimum Gasteiger partial charge on any atom is -0.337 e. The van der Waals surface area contributed by atoms with E-state index in [0.717, 1.165) is 16.5 Å². The molecule has 2 aromatic carbocycles. The largest absolute Gasteiger partial charge is 0.337 e. The lowest BCUT2D eigenvalue weighted by Gasteiger charge is -2.13. The van der Waals surface area contributed by atoms with Crippen molar-refractivity contribution < 1.29 is 4.52 Å². The third-order valence-corrected chi connectivity index (χ3v) is 5.26. The van der Waals surface area contributed by atoms with Crippen LogP contribution in [0.2, 0.25) is 0 Å². The average molecular weight is 399 g/mol. The highest BCUT2D eigenvalue weighted by Crippen LogP contribution is 2.33. The van der Waals surface area contributed by atoms with Crippen LogP contribution in [0.5, 0.6) is 0 Å². The molecule has 1 saturated heterocycles. The first-order valence-electron chi connectivity index (χ1n) is 8.28. The highest BCUT2D eigenvalue weighted by atomic mass is 79.9. The van der Waals surface area contributed by atoms with E-state index in [4.69, 9.17) is 4.52 Å². The monoisotopic (exact) mass is 398 g/mol. The van der Waals surface area contributed by atoms with Crippen molar-refractivity contribution in [2.24, 2.45) is 0 Å². The van der Waals surface area contributed by atoms with Crippen molar-refractivity contribution >= 4 is 15.9 Å². The Kier molecular flexibility index (Phi) is 4.41. The Balaban J connectivity index is 1.55. The molecule has 128 valence electrons. The van der Waals surface area contributed by atoms with Crippen molar-refractivity contribution in [3.63, 3.8) is 0 Å². The van der Waals surface area contributed by atoms with Gasteiger partial charge in [-0.2, -0.15) is 4.98 Å². The molecule has 2 heterocycles. The van der Waals surface area contributed by atoms with Crippen LogP contribution in [0.3, 0.4) is 0 Å². The number of halogens is 1. The normalized spacial score (nSPS) is 20.1. The van der Waals surface area contributed by atoms with Crippen molar-refractivity contribution in [2.75, 3.05) is 0 Å². The Hall–Kier alpha value is -2.02. The third kappa shape index (κ3) is 3.25. The molecule has 0 radical (unpaired) electrons. The Morgan fingerprint density at radius 3 is 2.72 bits per heavy atom. The Bertz CT molecular complexity index is 908. The second-order valence-corrected chi connectivity index (χ2v) is 7.28. The lowest BCUT2D eigenvalue weighted by Crippen LogP contribution is -2.27. The van der Waals surface area contributed by atoms with E-state index in [-0.39, 0.29) is 12.1 Å². The summed E-state index contributed by atoms with van der Waals surface area (Å²) in [5, 5.41) is 4.14. The highest BCUT2D eigenvalue weighted by Gasteiger charge is 2.31. The van der Waals surface area contributed by atoms with Gasteiger partial charge in [-0.15, -0.1) is 0 Å². The second-order valence-electron chi connectivity index (χ2n) is 6.43. The van der Waals surface area contributed by atoms with Gasteiger partial charge >= 0.3 is 0 Å². The van der Waals surface area contributed by atoms with Crippen LogP contribution in [0.25, 0.3) is 11.4 Å². The zero-order valence-corrected chi connectivity index (χ0v) is 15.7. The number of benzene rings is 2. The molecule has 2 N–H and O–H groups in total. The van der Waals surface area contributed by atoms with Gasteiger partial charge in [0.25, 0.3) is 0 Å². The molecular weight excluding hydrogens is 380 g/mol. The number of aryl methyl sites for hydroxylation is 2. The van der Waals surface area contributed by atoms with Crippen molar-refractivity contribution in [3.8, 4) is 11.4 Å². The maximum atomic E-state index is 5.51. The lowest BCUT2D eigenvalue weighted by molar-refractivity contribution is 0.340. The van der Waals surface area contributed by atoms with Gasteiger partial charge in [0.15, 0.2) is 0 Å². The highest BCUT2D eigenvalue weighted by molar-refractivity contribution is 9.10. The number of rotatable bonds is 3. The smallest absolute Gasteiger partial charge is 0.245 e. The van der Waals surface area contributed by atoms with E-state index in [0.29, 0.717) is 11.7 Å². The first-order chi connectivity index (χ1) is 12.1. The summed E-state index contributed by atoms with van der Waals surface area (Å²) >= 11 is 3.53. The molecule has 0 bridgehead atoms. The van der Waals surface area contributed by atoms with Gasteiger partial charge in [0.05, 0.1) is 0 Å². The molecule has 4 rings (SSSR count). The Morgan fingerprint density at radius 1 is 1.08 bits per heavy atom. The Labute approximate surface area is 154 Å². The second kappa shape index (κ2) is 6.71. The van der Waals surface area contributed by atoms with Crippen molar-refractivity contribution in [1.82, 2.24) is 21.0 Å². The topological polar surface area (TPSA) is 63.0 Å². The molecular formula is C19H19BrN4O. The summed E-state index contributed by atoms with van der Waals surface area (Å²) in [6.45, 7) is 4.26. The molecule has 5 nitrogen and oxygen atoms in total. The van der Waals surface area contributed by atoms with Crippen molar-refractivity contribution in [2.45, 2.75) is 32.4 Å². The van der Waals surface area contributed by atoms with Crippen LogP contribution in [0.1, 0.15) is 41.1 Å². The van der Waals surface area contributed by atoms with Gasteiger partial charge in [-0.1, -0.05) is 57.0 Å². The van der Waals surface area contributed by atoms with Crippen molar-refractivity contribution in [1.29, 1.82) is 0 Å². The zero-order valence-electron chi connectivity index (χ0n) is 14.1. The van der Waals surface area contributed by atoms with E-state index >= 15 is 0 Å². The summed E-state index contributed by atoms with van der Waals surface area (Å²) in [5.74, 6) is 1.20. The maximum absolute atomic E-state index is 5.51. The molecule has 0 aliphatic carbocycles. The van der Waals surface area contributed by atoms with Crippen molar-refractivity contribution in [3.05, 3.63) is 69.5 Å². The Morgan fingerprint density at radius 2 is 1.88 bits per heavy atom. The molecule has 2 atom stereocenters. The number of hydrogen-bond donors (Lipinski definition) is 2. The molecule has 1 aliphatic rings. The van der Waals surface area contributed by atoms with Gasteiger partial charge in [-0.25, -0.2) is 10.9 Å². The number of hydrazine groups is 1. The molecule has 0 spiro atoms. The average Bonchev–Trinajstić information content (AvgIpc) is 3.26. The first-order valence-corrected chi connectivity index (χ1v) is 9.08. The van der Waals surface area contributed by atoms with Crippen LogP contribution < -0.4 is 10.9 Å². The summed E-state index contributed by atoms with van der Waals surface area (Å²) in [4.78, 5) is 4.58. The molecule has 6 heteroatoms. The predicted molar refractivity (Wildman–Crippen MR) is 99.7 cm³/mol. The summed E-state index contributed by atoms with van der Waals surface area (Å²) < 4.78 is 6.46. The number of aromatic nitrogens is 2. The van der Waals surface area contributed by atoms with E-state index in [9.17, 15) is 0 Å². The fourth-order valence-corrected chi connectivity index (χ4v) is 3.65. The van der Waals surface area contributed by atoms with E-state index in [2.05, 4.69) is 69.0 Å². The van der Waals surface area contributed by atoms with Gasteiger partial charge in [0.1, 0.15) is 6.04 Å². The van der Waals surface area contributed by atoms with Crippen LogP contribution in [-0.2, 0) is 0 Å². The quantitative estimate of drug-likeness (QED) is 0.684. The van der Waals surface area contributed by atoms with Crippen LogP contribution in [0, 0.1) is 13.8 Å². The minimum atomic E-state index is -0.00588. The standard InChI is InChI=1S/C19H19BrN4O/c1-11-7-8-12(2)14(9-11)16-10-17(23-22-16)19-21-18(24-25-19)13-5-3-4-6-15(13)20/h3-9,16-17,22-23H,10H2,1-2H3. The van der Waals surface area contributed by atoms with Crippen LogP contribution >= 0.6 is 15.9 Å². The van der Waals surface area contributed by atoms with Crippen LogP contribution in [0.4, 0.5) is 0 Å². The molecule has 2 unspecified atom stereocenters. The van der Waals surface area contributed by atoms with E-state index in [1.54, 1.807) is 0 Å². The number of nitrogens with one attached hydrogen (secondary N) is 2. The van der Waals surface area contributed by atoms with Crippen LogP contribution in [0.15, 0.2) is 51.5 Å². The molecule has 0 amide bonds. The minimum absolute atomic E-state index is 0.00588. The maximum Gasteiger partial charge on any atom is 0.245 e. The summed E-state index contributed by atoms with van der Waals surface area (Å²) in [6, 6.07) is 14.6. The predicted octanol–water partition coefficient (Wildman–Crippen LogP) is 4.40. The van der Waals surface area contributed by atoms with Gasteiger partial charge in [-0.05, 0) is 43.5 Å². The van der Waals surface area contributed by atoms with Gasteiger partial charge in [0, 0.05) is 16.1 Å². The zero-order chi connectivity index (χ0) is 17.4. The third-order valence-electron chi connectivity index (χ3n) is 4.57. The molecule has 1 aromatic heterocycles. The summed E-state index contributed by atoms with van der Waals surface area (Å²) in [6.07, 6.45) is 0.863. The molecule has 1 fully saturated rings. The fraction of sp³-hybridized carbons (Fsp3) is 0.263. The molecule has 3 aromatic rings. The van der Waals surface area contributed by atoms with Gasteiger partial charge < -0.3 is 4.52 Å². The van der Waals surface area contributed by atoms with Crippen LogP contribution in [-0.4, -0.2) is 10.1 Å². The fourth-order valence-electron chi connectivity index (χ4n) is 3.19. The van der Waals surface area contributed by atoms with Gasteiger partial charge in [-0.3, -0.25) is 0 Å². The van der Waals surface area contributed by atoms with Gasteiger partial charge in [0.2, 0.25) is 11.7 Å². The molecule has 25 heavy (non-hydrogen) atoms. The molecule has 0 saturated carbocycles. The van der Waals surface area contributed by atoms with E-state index in [1.807, 2.05) is 24.3 Å². The summed E-state index contributed by atoms with van der Waals surface area (Å²) in [7, 11) is 0. The summed E-state index contributed by atoms with van der Waals surface area (Å²) in [5.41, 5.74) is 11.4. The number of nitrogens with zero attached hydrogens (tertiary/aromatic N) is 2. The van der Waals surface area contributed by atoms with E-state index in [1.165, 1.54) is 16.7 Å². The molecule has 1 aliphatic heterocycles. The number of hydrogen-bond acceptors (Lipinski definition) is 5. The first kappa shape index (κ1) is 16.4. The lowest BCUT2D eigenvalue weighted by atomic mass is 9.96. The SMILES string of the molecule is Cc1ccc(C)c(C2CC(c3nc(-c4ccccc4Br)no3)NN2)c1. The van der Waals surface area contributed by atoms with E-state index < -0.39 is 0 Å².